The fourth-order valence-corrected chi connectivity index (χ4v) is 6.32. The minimum absolute atomic E-state index is 0. The summed E-state index contributed by atoms with van der Waals surface area (Å²) in [5.74, 6) is 0. The molecule has 0 heterocycles. The van der Waals surface area contributed by atoms with Crippen LogP contribution in [0.15, 0.2) is 84.0 Å². The van der Waals surface area contributed by atoms with Crippen molar-refractivity contribution in [2.75, 3.05) is 0 Å². The summed E-state index contributed by atoms with van der Waals surface area (Å²) >= 11 is 2.42. The van der Waals surface area contributed by atoms with Crippen LogP contribution in [0.1, 0.15) is 45.7 Å². The Labute approximate surface area is 200 Å². The Morgan fingerprint density at radius 2 is 1.11 bits per heavy atom. The first-order chi connectivity index (χ1) is 11.7. The van der Waals surface area contributed by atoms with E-state index in [4.69, 9.17) is 0 Å². The zero-order chi connectivity index (χ0) is 18.3. The second-order valence-electron chi connectivity index (χ2n) is 8.26. The number of hydrogen-bond acceptors (Lipinski definition) is 0. The van der Waals surface area contributed by atoms with Gasteiger partial charge in [0.1, 0.15) is 0 Å². The van der Waals surface area contributed by atoms with Crippen LogP contribution in [0.25, 0.3) is 0 Å². The summed E-state index contributed by atoms with van der Waals surface area (Å²) in [4.78, 5) is 0. The van der Waals surface area contributed by atoms with Crippen molar-refractivity contribution in [2.45, 2.75) is 43.8 Å². The maximum Gasteiger partial charge on any atom is -1.00 e. The van der Waals surface area contributed by atoms with E-state index in [0.717, 1.165) is 0 Å². The Kier molecular flexibility index (Phi) is 9.83. The van der Waals surface area contributed by atoms with Crippen LogP contribution in [0.3, 0.4) is 0 Å². The summed E-state index contributed by atoms with van der Waals surface area (Å²) in [6, 6.07) is 22.1. The third kappa shape index (κ3) is 4.18. The van der Waals surface area contributed by atoms with E-state index in [1.54, 1.807) is 0 Å². The molecule has 0 radical (unpaired) electrons. The average Bonchev–Trinajstić information content (AvgIpc) is 2.82. The summed E-state index contributed by atoms with van der Waals surface area (Å²) in [5, 5.41) is 0. The molecule has 0 saturated heterocycles. The van der Waals surface area contributed by atoms with Crippen molar-refractivity contribution in [3.05, 3.63) is 95.1 Å². The van der Waals surface area contributed by atoms with Crippen LogP contribution < -0.4 is 37.2 Å². The van der Waals surface area contributed by atoms with Gasteiger partial charge in [0.25, 0.3) is 0 Å². The molecule has 0 N–H and O–H groups in total. The molecule has 0 bridgehead atoms. The molecule has 28 heavy (non-hydrogen) atoms. The molecule has 2 aromatic carbocycles. The minimum Gasteiger partial charge on any atom is -1.00 e. The first-order valence-electron chi connectivity index (χ1n) is 8.98. The van der Waals surface area contributed by atoms with Crippen LogP contribution in [0.4, 0.5) is 0 Å². The third-order valence-corrected chi connectivity index (χ3v) is 7.07. The van der Waals surface area contributed by atoms with Gasteiger partial charge in [-0.2, -0.15) is 0 Å². The van der Waals surface area contributed by atoms with Crippen molar-refractivity contribution in [3.8, 4) is 0 Å². The van der Waals surface area contributed by atoms with Crippen LogP contribution in [0.5, 0.6) is 0 Å². The van der Waals surface area contributed by atoms with Crippen molar-refractivity contribution in [2.24, 2.45) is 5.41 Å². The molecule has 1 aliphatic rings. The largest absolute Gasteiger partial charge is 1.00 e. The van der Waals surface area contributed by atoms with Gasteiger partial charge in [0.2, 0.25) is 0 Å². The summed E-state index contributed by atoms with van der Waals surface area (Å²) in [6.45, 7) is 11.7. The SMILES string of the molecule is CC1=C[C]([Ti+3])(C(c2ccccc2)(c2ccccc2)C(C)(C)C)C(C)=C1.[Cl-].[Cl-].[Cl-]. The summed E-state index contributed by atoms with van der Waals surface area (Å²) in [7, 11) is 0. The first-order valence-corrected chi connectivity index (χ1v) is 9.76. The Morgan fingerprint density at radius 1 is 0.714 bits per heavy atom. The topological polar surface area (TPSA) is 0 Å². The molecule has 0 nitrogen and oxygen atoms in total. The van der Waals surface area contributed by atoms with E-state index in [9.17, 15) is 0 Å². The Hall–Kier alpha value is -0.496. The normalized spacial score (nSPS) is 18.8. The minimum atomic E-state index is -0.152. The average molecular weight is 470 g/mol. The van der Waals surface area contributed by atoms with Crippen molar-refractivity contribution in [1.82, 2.24) is 0 Å². The molecule has 1 unspecified atom stereocenters. The van der Waals surface area contributed by atoms with Crippen molar-refractivity contribution in [1.29, 1.82) is 0 Å². The number of hydrogen-bond donors (Lipinski definition) is 0. The van der Waals surface area contributed by atoms with Crippen LogP contribution in [0, 0.1) is 5.41 Å². The van der Waals surface area contributed by atoms with E-state index >= 15 is 0 Å². The number of allylic oxidation sites excluding steroid dienone is 4. The molecule has 0 fully saturated rings. The predicted octanol–water partition coefficient (Wildman–Crippen LogP) is -2.36. The number of rotatable bonds is 3. The molecule has 1 aliphatic carbocycles. The monoisotopic (exact) mass is 468 g/mol. The van der Waals surface area contributed by atoms with Gasteiger partial charge >= 0.3 is 165 Å². The van der Waals surface area contributed by atoms with Crippen molar-refractivity contribution < 1.29 is 57.7 Å². The summed E-state index contributed by atoms with van der Waals surface area (Å²) in [6.07, 6.45) is 4.83. The van der Waals surface area contributed by atoms with Gasteiger partial charge in [0, 0.05) is 0 Å². The van der Waals surface area contributed by atoms with Crippen LogP contribution in [-0.2, 0) is 25.9 Å². The molecule has 0 aliphatic heterocycles. The van der Waals surface area contributed by atoms with Gasteiger partial charge in [0.05, 0.1) is 0 Å². The van der Waals surface area contributed by atoms with E-state index in [-0.39, 0.29) is 51.8 Å². The molecule has 1 atom stereocenters. The van der Waals surface area contributed by atoms with Gasteiger partial charge < -0.3 is 37.2 Å². The molecular weight excluding hydrogens is 442 g/mol. The summed E-state index contributed by atoms with van der Waals surface area (Å²) in [5.41, 5.74) is 5.44. The van der Waals surface area contributed by atoms with E-state index in [2.05, 4.69) is 128 Å². The standard InChI is InChI=1S/C24H27.3ClH.Ti/c1-18-16-19(2)22(17-18)24(23(3,4)5,20-12-8-6-9-13-20)21-14-10-7-11-15-21;;;;/h6-17H,1-5H3;3*1H;/q;;;;+3/p-3. The predicted molar refractivity (Wildman–Crippen MR) is 103 cm³/mol. The van der Waals surface area contributed by atoms with E-state index in [1.807, 2.05) is 0 Å². The molecule has 0 amide bonds. The van der Waals surface area contributed by atoms with Crippen LogP contribution >= 0.6 is 0 Å². The zero-order valence-corrected chi connectivity index (χ0v) is 20.9. The van der Waals surface area contributed by atoms with Gasteiger partial charge in [-0.15, -0.1) is 0 Å². The molecule has 4 heteroatoms. The Bertz CT molecular complexity index is 780. The van der Waals surface area contributed by atoms with Gasteiger partial charge in [-0.05, 0) is 0 Å². The third-order valence-electron chi connectivity index (χ3n) is 5.64. The van der Waals surface area contributed by atoms with Crippen molar-refractivity contribution >= 4 is 0 Å². The van der Waals surface area contributed by atoms with Gasteiger partial charge in [-0.25, -0.2) is 0 Å². The Morgan fingerprint density at radius 3 is 1.39 bits per heavy atom. The second kappa shape index (κ2) is 10.0. The molecular formula is C24H27Cl3Ti. The smallest absolute Gasteiger partial charge is 1.00 e. The molecule has 0 saturated carbocycles. The molecule has 0 aromatic heterocycles. The zero-order valence-electron chi connectivity index (χ0n) is 17.1. The summed E-state index contributed by atoms with van der Waals surface area (Å²) < 4.78 is -0.0714. The second-order valence-corrected chi connectivity index (χ2v) is 9.49. The molecule has 0 spiro atoms. The molecule has 2 aromatic rings. The maximum absolute atomic E-state index is 2.48. The molecule has 3 rings (SSSR count). The number of halogens is 3. The number of benzene rings is 2. The van der Waals surface area contributed by atoms with E-state index in [0.29, 0.717) is 0 Å². The first kappa shape index (κ1) is 27.5. The maximum atomic E-state index is 2.48. The molecule has 148 valence electrons. The van der Waals surface area contributed by atoms with Gasteiger partial charge in [0.15, 0.2) is 0 Å². The van der Waals surface area contributed by atoms with Crippen LogP contribution in [0.2, 0.25) is 3.72 Å². The van der Waals surface area contributed by atoms with Gasteiger partial charge in [-0.1, -0.05) is 0 Å². The fourth-order valence-electron chi connectivity index (χ4n) is 4.81. The van der Waals surface area contributed by atoms with Crippen LogP contribution in [-0.4, -0.2) is 0 Å². The van der Waals surface area contributed by atoms with E-state index in [1.165, 1.54) is 22.3 Å². The van der Waals surface area contributed by atoms with Gasteiger partial charge in [-0.3, -0.25) is 0 Å². The van der Waals surface area contributed by atoms with E-state index < -0.39 is 0 Å². The van der Waals surface area contributed by atoms with Crippen molar-refractivity contribution in [3.63, 3.8) is 0 Å². The fraction of sp³-hybridized carbons (Fsp3) is 0.333. The quantitative estimate of drug-likeness (QED) is 0.442. The Balaban J connectivity index is 0.00000243.